The van der Waals surface area contributed by atoms with E-state index >= 15 is 0 Å². The number of benzene rings is 1. The maximum atomic E-state index is 5.27. The van der Waals surface area contributed by atoms with Crippen molar-refractivity contribution in [3.8, 4) is 0 Å². The first kappa shape index (κ1) is 8.29. The lowest BCUT2D eigenvalue weighted by atomic mass is 10.2. The van der Waals surface area contributed by atoms with E-state index in [1.807, 2.05) is 24.3 Å². The fourth-order valence-electron chi connectivity index (χ4n) is 1.26. The number of hydrogen-bond donors (Lipinski definition) is 1. The van der Waals surface area contributed by atoms with Crippen LogP contribution in [0.25, 0.3) is 11.0 Å². The van der Waals surface area contributed by atoms with Crippen molar-refractivity contribution >= 4 is 11.0 Å². The second kappa shape index (κ2) is 3.60. The maximum Gasteiger partial charge on any atom is 0.134 e. The number of rotatable bonds is 3. The number of hydroxylamine groups is 1. The first-order chi connectivity index (χ1) is 6.40. The Hall–Kier alpha value is -1.32. The lowest BCUT2D eigenvalue weighted by Crippen LogP contribution is -2.10. The Morgan fingerprint density at radius 1 is 1.38 bits per heavy atom. The van der Waals surface area contributed by atoms with Gasteiger partial charge in [-0.25, -0.2) is 0 Å². The Balaban J connectivity index is 2.26. The zero-order chi connectivity index (χ0) is 9.10. The first-order valence-electron chi connectivity index (χ1n) is 4.12. The molecule has 3 heteroatoms. The highest BCUT2D eigenvalue weighted by Gasteiger charge is 1.97. The van der Waals surface area contributed by atoms with E-state index in [0.29, 0.717) is 6.54 Å². The van der Waals surface area contributed by atoms with E-state index in [0.717, 1.165) is 16.5 Å². The molecular formula is C10H11NO2. The molecule has 0 saturated carbocycles. The molecule has 2 rings (SSSR count). The largest absolute Gasteiger partial charge is 0.464 e. The highest BCUT2D eigenvalue weighted by molar-refractivity contribution is 5.77. The highest BCUT2D eigenvalue weighted by atomic mass is 16.6. The fraction of sp³-hybridized carbons (Fsp3) is 0.200. The molecule has 1 heterocycles. The minimum Gasteiger partial charge on any atom is -0.464 e. The van der Waals surface area contributed by atoms with Crippen molar-refractivity contribution < 1.29 is 9.25 Å². The topological polar surface area (TPSA) is 34.4 Å². The molecule has 0 aliphatic carbocycles. The van der Waals surface area contributed by atoms with Crippen LogP contribution in [0.2, 0.25) is 0 Å². The molecule has 2 aromatic rings. The molecule has 13 heavy (non-hydrogen) atoms. The number of nitrogens with one attached hydrogen (secondary N) is 1. The van der Waals surface area contributed by atoms with Crippen molar-refractivity contribution in [1.29, 1.82) is 0 Å². The van der Waals surface area contributed by atoms with Gasteiger partial charge in [-0.15, -0.1) is 0 Å². The Bertz CT molecular complexity index is 394. The predicted octanol–water partition coefficient (Wildman–Crippen LogP) is 2.08. The van der Waals surface area contributed by atoms with Crippen molar-refractivity contribution in [3.63, 3.8) is 0 Å². The minimum absolute atomic E-state index is 0.688. The van der Waals surface area contributed by atoms with Gasteiger partial charge in [0, 0.05) is 11.9 Å². The third-order valence-corrected chi connectivity index (χ3v) is 1.94. The highest BCUT2D eigenvalue weighted by Crippen LogP contribution is 2.16. The zero-order valence-corrected chi connectivity index (χ0v) is 7.41. The van der Waals surface area contributed by atoms with E-state index in [4.69, 9.17) is 9.25 Å². The van der Waals surface area contributed by atoms with Crippen molar-refractivity contribution in [3.05, 3.63) is 36.1 Å². The smallest absolute Gasteiger partial charge is 0.134 e. The quantitative estimate of drug-likeness (QED) is 0.729. The van der Waals surface area contributed by atoms with Gasteiger partial charge >= 0.3 is 0 Å². The molecule has 0 spiro atoms. The minimum atomic E-state index is 0.688. The molecule has 3 nitrogen and oxygen atoms in total. The summed E-state index contributed by atoms with van der Waals surface area (Å²) in [4.78, 5) is 4.76. The fourth-order valence-corrected chi connectivity index (χ4v) is 1.26. The molecule has 0 bridgehead atoms. The van der Waals surface area contributed by atoms with Crippen LogP contribution < -0.4 is 5.48 Å². The average Bonchev–Trinajstić information content (AvgIpc) is 2.61. The Labute approximate surface area is 76.3 Å². The lowest BCUT2D eigenvalue weighted by molar-refractivity contribution is 0.0867. The summed E-state index contributed by atoms with van der Waals surface area (Å²) >= 11 is 0. The summed E-state index contributed by atoms with van der Waals surface area (Å²) in [5.41, 5.74) is 4.84. The molecule has 0 fully saturated rings. The Morgan fingerprint density at radius 2 is 2.31 bits per heavy atom. The van der Waals surface area contributed by atoms with E-state index in [1.165, 1.54) is 0 Å². The van der Waals surface area contributed by atoms with Crippen LogP contribution in [-0.2, 0) is 11.4 Å². The van der Waals surface area contributed by atoms with Crippen LogP contribution in [0.3, 0.4) is 0 Å². The van der Waals surface area contributed by atoms with Gasteiger partial charge in [-0.05, 0) is 17.7 Å². The SMILES string of the molecule is CONCc1ccc2ccoc2c1. The van der Waals surface area contributed by atoms with Gasteiger partial charge in [-0.1, -0.05) is 12.1 Å². The summed E-state index contributed by atoms with van der Waals surface area (Å²) in [5.74, 6) is 0. The van der Waals surface area contributed by atoms with Crippen molar-refractivity contribution in [2.75, 3.05) is 7.11 Å². The summed E-state index contributed by atoms with van der Waals surface area (Å²) in [5, 5.41) is 1.13. The second-order valence-corrected chi connectivity index (χ2v) is 2.82. The number of hydrogen-bond acceptors (Lipinski definition) is 3. The zero-order valence-electron chi connectivity index (χ0n) is 7.41. The van der Waals surface area contributed by atoms with Gasteiger partial charge in [0.05, 0.1) is 13.4 Å². The van der Waals surface area contributed by atoms with Gasteiger partial charge in [0.15, 0.2) is 0 Å². The third kappa shape index (κ3) is 1.71. The summed E-state index contributed by atoms with van der Waals surface area (Å²) in [6.45, 7) is 0.688. The van der Waals surface area contributed by atoms with Crippen molar-refractivity contribution in [2.45, 2.75) is 6.54 Å². The summed E-state index contributed by atoms with van der Waals surface area (Å²) < 4.78 is 5.27. The maximum absolute atomic E-state index is 5.27. The number of furan rings is 1. The van der Waals surface area contributed by atoms with Crippen LogP contribution in [0.15, 0.2) is 34.9 Å². The van der Waals surface area contributed by atoms with E-state index in [9.17, 15) is 0 Å². The van der Waals surface area contributed by atoms with Crippen LogP contribution in [-0.4, -0.2) is 7.11 Å². The molecular weight excluding hydrogens is 166 g/mol. The molecule has 0 saturated heterocycles. The molecule has 0 aliphatic heterocycles. The van der Waals surface area contributed by atoms with Crippen LogP contribution in [0.4, 0.5) is 0 Å². The van der Waals surface area contributed by atoms with Gasteiger partial charge in [0.2, 0.25) is 0 Å². The van der Waals surface area contributed by atoms with Gasteiger partial charge in [0.1, 0.15) is 5.58 Å². The molecule has 68 valence electrons. The van der Waals surface area contributed by atoms with Crippen LogP contribution in [0, 0.1) is 0 Å². The summed E-state index contributed by atoms with van der Waals surface area (Å²) in [7, 11) is 1.60. The van der Waals surface area contributed by atoms with E-state index in [1.54, 1.807) is 13.4 Å². The summed E-state index contributed by atoms with van der Waals surface area (Å²) in [6.07, 6.45) is 1.69. The monoisotopic (exact) mass is 177 g/mol. The van der Waals surface area contributed by atoms with Gasteiger partial charge in [-0.3, -0.25) is 0 Å². The molecule has 1 N–H and O–H groups in total. The molecule has 0 unspecified atom stereocenters. The van der Waals surface area contributed by atoms with Crippen LogP contribution >= 0.6 is 0 Å². The summed E-state index contributed by atoms with van der Waals surface area (Å²) in [6, 6.07) is 8.03. The predicted molar refractivity (Wildman–Crippen MR) is 50.1 cm³/mol. The van der Waals surface area contributed by atoms with Gasteiger partial charge in [0.25, 0.3) is 0 Å². The van der Waals surface area contributed by atoms with E-state index in [2.05, 4.69) is 5.48 Å². The van der Waals surface area contributed by atoms with E-state index in [-0.39, 0.29) is 0 Å². The lowest BCUT2D eigenvalue weighted by Gasteiger charge is -2.00. The standard InChI is InChI=1S/C10H11NO2/c1-12-11-7-8-2-3-9-4-5-13-10(9)6-8/h2-6,11H,7H2,1H3. The molecule has 0 aliphatic rings. The van der Waals surface area contributed by atoms with Crippen LogP contribution in [0.1, 0.15) is 5.56 Å². The molecule has 0 radical (unpaired) electrons. The molecule has 1 aromatic carbocycles. The van der Waals surface area contributed by atoms with Crippen molar-refractivity contribution in [2.24, 2.45) is 0 Å². The average molecular weight is 177 g/mol. The van der Waals surface area contributed by atoms with Crippen LogP contribution in [0.5, 0.6) is 0 Å². The van der Waals surface area contributed by atoms with E-state index < -0.39 is 0 Å². The van der Waals surface area contributed by atoms with Crippen molar-refractivity contribution in [1.82, 2.24) is 5.48 Å². The molecule has 1 aromatic heterocycles. The first-order valence-corrected chi connectivity index (χ1v) is 4.12. The Kier molecular flexibility index (Phi) is 2.29. The number of fused-ring (bicyclic) bond motifs is 1. The normalized spacial score (nSPS) is 10.8. The van der Waals surface area contributed by atoms with Gasteiger partial charge < -0.3 is 9.25 Å². The molecule has 0 amide bonds. The molecule has 0 atom stereocenters. The van der Waals surface area contributed by atoms with Gasteiger partial charge in [-0.2, -0.15) is 5.48 Å². The second-order valence-electron chi connectivity index (χ2n) is 2.82. The third-order valence-electron chi connectivity index (χ3n) is 1.94. The Morgan fingerprint density at radius 3 is 3.15 bits per heavy atom.